The van der Waals surface area contributed by atoms with Gasteiger partial charge in [-0.05, 0) is 25.1 Å². The number of hydrogen-bond acceptors (Lipinski definition) is 5. The van der Waals surface area contributed by atoms with Crippen LogP contribution in [0, 0.1) is 0 Å². The average Bonchev–Trinajstić information content (AvgIpc) is 3.09. The topological polar surface area (TPSA) is 70.4 Å². The van der Waals surface area contributed by atoms with Gasteiger partial charge in [-0.25, -0.2) is 9.48 Å². The lowest BCUT2D eigenvalue weighted by molar-refractivity contribution is 0.0528. The predicted octanol–water partition coefficient (Wildman–Crippen LogP) is 4.76. The number of aromatic nitrogens is 2. The Morgan fingerprint density at radius 1 is 1.03 bits per heavy atom. The minimum atomic E-state index is -1.21. The fraction of sp³-hybridized carbons (Fsp3) is 0.348. The lowest BCUT2D eigenvalue weighted by Gasteiger charge is -2.15. The summed E-state index contributed by atoms with van der Waals surface area (Å²) in [5.41, 5.74) is 1.76. The van der Waals surface area contributed by atoms with E-state index in [1.54, 1.807) is 48.0 Å². The molecule has 0 amide bonds. The van der Waals surface area contributed by atoms with E-state index in [1.807, 2.05) is 12.1 Å². The lowest BCUT2D eigenvalue weighted by Crippen LogP contribution is -2.22. The highest BCUT2D eigenvalue weighted by atomic mass is 28.3. The summed E-state index contributed by atoms with van der Waals surface area (Å²) < 4.78 is 12.7. The summed E-state index contributed by atoms with van der Waals surface area (Å²) in [5.74, 6) is -0.706. The van der Waals surface area contributed by atoms with E-state index >= 15 is 0 Å². The van der Waals surface area contributed by atoms with Gasteiger partial charge in [0.25, 0.3) is 0 Å². The Labute approximate surface area is 177 Å². The molecule has 7 heteroatoms. The Balaban J connectivity index is 2.02. The van der Waals surface area contributed by atoms with Crippen LogP contribution in [0.2, 0.25) is 25.7 Å². The van der Waals surface area contributed by atoms with Crippen molar-refractivity contribution in [3.05, 3.63) is 65.4 Å². The normalized spacial score (nSPS) is 11.6. The monoisotopic (exact) mass is 424 g/mol. The van der Waals surface area contributed by atoms with Crippen LogP contribution in [0.5, 0.6) is 0 Å². The van der Waals surface area contributed by atoms with E-state index < -0.39 is 14.0 Å². The van der Waals surface area contributed by atoms with Crippen molar-refractivity contribution < 1.29 is 19.1 Å². The molecule has 30 heavy (non-hydrogen) atoms. The number of hydrogen-bond donors (Lipinski definition) is 0. The quantitative estimate of drug-likeness (QED) is 0.214. The van der Waals surface area contributed by atoms with Crippen LogP contribution in [-0.2, 0) is 16.2 Å². The number of esters is 1. The molecule has 3 rings (SSSR count). The number of ketones is 1. The van der Waals surface area contributed by atoms with Gasteiger partial charge in [0.1, 0.15) is 12.4 Å². The van der Waals surface area contributed by atoms with Crippen LogP contribution in [0.4, 0.5) is 0 Å². The van der Waals surface area contributed by atoms with E-state index in [9.17, 15) is 9.59 Å². The highest BCUT2D eigenvalue weighted by Gasteiger charge is 2.24. The second kappa shape index (κ2) is 9.36. The third-order valence-corrected chi connectivity index (χ3v) is 6.44. The highest BCUT2D eigenvalue weighted by molar-refractivity contribution is 6.76. The van der Waals surface area contributed by atoms with Crippen molar-refractivity contribution in [1.29, 1.82) is 0 Å². The molecule has 6 nitrogen and oxygen atoms in total. The van der Waals surface area contributed by atoms with Gasteiger partial charge in [0.15, 0.2) is 0 Å². The fourth-order valence-corrected chi connectivity index (χ4v) is 3.88. The van der Waals surface area contributed by atoms with E-state index in [4.69, 9.17) is 9.47 Å². The summed E-state index contributed by atoms with van der Waals surface area (Å²) in [6.45, 7) is 9.74. The maximum absolute atomic E-state index is 13.2. The Bertz CT molecular complexity index is 1040. The second-order valence-corrected chi connectivity index (χ2v) is 13.9. The molecule has 0 spiro atoms. The molecule has 0 atom stereocenters. The molecule has 0 bridgehead atoms. The van der Waals surface area contributed by atoms with Crippen molar-refractivity contribution in [3.8, 4) is 0 Å². The van der Waals surface area contributed by atoms with Crippen molar-refractivity contribution >= 4 is 30.7 Å². The number of nitrogens with zero attached hydrogens (tertiary/aromatic N) is 2. The summed E-state index contributed by atoms with van der Waals surface area (Å²) in [6, 6.07) is 15.3. The third-order valence-electron chi connectivity index (χ3n) is 4.73. The van der Waals surface area contributed by atoms with Crippen LogP contribution >= 0.6 is 0 Å². The van der Waals surface area contributed by atoms with E-state index in [2.05, 4.69) is 24.7 Å². The highest BCUT2D eigenvalue weighted by Crippen LogP contribution is 2.26. The van der Waals surface area contributed by atoms with E-state index in [-0.39, 0.29) is 24.8 Å². The number of ether oxygens (including phenoxy) is 2. The van der Waals surface area contributed by atoms with Gasteiger partial charge in [0.05, 0.1) is 17.7 Å². The summed E-state index contributed by atoms with van der Waals surface area (Å²) >= 11 is 0. The second-order valence-electron chi connectivity index (χ2n) is 8.31. The predicted molar refractivity (Wildman–Crippen MR) is 120 cm³/mol. The van der Waals surface area contributed by atoms with Crippen LogP contribution in [0.15, 0.2) is 48.5 Å². The molecule has 0 aliphatic heterocycles. The maximum Gasteiger partial charge on any atom is 0.338 e. The first-order valence-corrected chi connectivity index (χ1v) is 13.9. The van der Waals surface area contributed by atoms with Gasteiger partial charge in [-0.2, -0.15) is 5.10 Å². The first kappa shape index (κ1) is 21.9. The zero-order valence-electron chi connectivity index (χ0n) is 18.0. The molecule has 0 N–H and O–H groups in total. The Hall–Kier alpha value is -2.77. The fourth-order valence-electron chi connectivity index (χ4n) is 3.12. The Morgan fingerprint density at radius 3 is 2.43 bits per heavy atom. The van der Waals surface area contributed by atoms with E-state index in [1.165, 1.54) is 0 Å². The van der Waals surface area contributed by atoms with Gasteiger partial charge in [0, 0.05) is 25.6 Å². The number of rotatable bonds is 9. The molecule has 0 aliphatic carbocycles. The molecule has 0 radical (unpaired) electrons. The SMILES string of the molecule is CCOC(=O)c1cccc2c1c(C(=O)c1ccccc1)nn2COCC[Si](C)(C)C. The lowest BCUT2D eigenvalue weighted by atomic mass is 10.0. The molecule has 0 saturated heterocycles. The zero-order valence-corrected chi connectivity index (χ0v) is 19.0. The molecule has 158 valence electrons. The van der Waals surface area contributed by atoms with Gasteiger partial charge >= 0.3 is 5.97 Å². The molecule has 1 heterocycles. The van der Waals surface area contributed by atoms with Crippen molar-refractivity contribution in [3.63, 3.8) is 0 Å². The Morgan fingerprint density at radius 2 is 1.77 bits per heavy atom. The van der Waals surface area contributed by atoms with Gasteiger partial charge in [-0.1, -0.05) is 56.0 Å². The number of fused-ring (bicyclic) bond motifs is 1. The summed E-state index contributed by atoms with van der Waals surface area (Å²) in [5, 5.41) is 5.05. The summed E-state index contributed by atoms with van der Waals surface area (Å²) in [4.78, 5) is 25.8. The first-order valence-electron chi connectivity index (χ1n) is 10.2. The molecular weight excluding hydrogens is 396 g/mol. The van der Waals surface area contributed by atoms with Crippen molar-refractivity contribution in [2.75, 3.05) is 13.2 Å². The zero-order chi connectivity index (χ0) is 21.7. The maximum atomic E-state index is 13.2. The number of benzene rings is 2. The van der Waals surface area contributed by atoms with E-state index in [0.717, 1.165) is 6.04 Å². The molecular formula is C23H28N2O4Si. The van der Waals surface area contributed by atoms with Crippen LogP contribution < -0.4 is 0 Å². The molecule has 3 aromatic rings. The molecule has 2 aromatic carbocycles. The standard InChI is InChI=1S/C23H28N2O4Si/c1-5-29-23(27)18-12-9-13-19-20(18)21(22(26)17-10-7-6-8-11-17)24-25(19)16-28-14-15-30(2,3)4/h6-13H,5,14-16H2,1-4H3. The van der Waals surface area contributed by atoms with Crippen molar-refractivity contribution in [2.45, 2.75) is 39.3 Å². The molecule has 0 saturated carbocycles. The van der Waals surface area contributed by atoms with Crippen LogP contribution in [0.1, 0.15) is 33.3 Å². The molecule has 0 fully saturated rings. The smallest absolute Gasteiger partial charge is 0.338 e. The van der Waals surface area contributed by atoms with Crippen molar-refractivity contribution in [1.82, 2.24) is 9.78 Å². The van der Waals surface area contributed by atoms with Gasteiger partial charge in [-0.3, -0.25) is 4.79 Å². The van der Waals surface area contributed by atoms with Crippen LogP contribution in [0.3, 0.4) is 0 Å². The average molecular weight is 425 g/mol. The summed E-state index contributed by atoms with van der Waals surface area (Å²) in [6.07, 6.45) is 0. The van der Waals surface area contributed by atoms with Crippen LogP contribution in [0.25, 0.3) is 10.9 Å². The Kier molecular flexibility index (Phi) is 6.84. The summed E-state index contributed by atoms with van der Waals surface area (Å²) in [7, 11) is -1.21. The largest absolute Gasteiger partial charge is 0.462 e. The number of carbonyl (C=O) groups is 2. The third kappa shape index (κ3) is 5.04. The van der Waals surface area contributed by atoms with Gasteiger partial charge in [0.2, 0.25) is 5.78 Å². The van der Waals surface area contributed by atoms with Gasteiger partial charge in [-0.15, -0.1) is 0 Å². The molecule has 0 aliphatic rings. The van der Waals surface area contributed by atoms with Crippen LogP contribution in [-0.4, -0.2) is 42.8 Å². The number of carbonyl (C=O) groups excluding carboxylic acids is 2. The molecule has 0 unspecified atom stereocenters. The minimum absolute atomic E-state index is 0.218. The van der Waals surface area contributed by atoms with Gasteiger partial charge < -0.3 is 9.47 Å². The van der Waals surface area contributed by atoms with E-state index in [0.29, 0.717) is 28.6 Å². The minimum Gasteiger partial charge on any atom is -0.462 e. The molecule has 1 aromatic heterocycles. The first-order chi connectivity index (χ1) is 14.3. The van der Waals surface area contributed by atoms with Crippen molar-refractivity contribution in [2.24, 2.45) is 0 Å².